The van der Waals surface area contributed by atoms with E-state index >= 15 is 0 Å². The van der Waals surface area contributed by atoms with E-state index in [4.69, 9.17) is 4.74 Å². The van der Waals surface area contributed by atoms with E-state index in [0.717, 1.165) is 24.7 Å². The van der Waals surface area contributed by atoms with Gasteiger partial charge in [-0.1, -0.05) is 66.2 Å². The third-order valence-electron chi connectivity index (χ3n) is 4.39. The van der Waals surface area contributed by atoms with Crippen molar-refractivity contribution in [2.75, 3.05) is 6.61 Å². The Labute approximate surface area is 126 Å². The molecular weight excluding hydrogens is 248 g/mol. The first-order valence-corrected chi connectivity index (χ1v) is 8.87. The van der Waals surface area contributed by atoms with Gasteiger partial charge in [-0.05, 0) is 31.6 Å². The number of hydrogen-bond acceptors (Lipinski definition) is 2. The lowest BCUT2D eigenvalue weighted by Gasteiger charge is -2.30. The fourth-order valence-electron chi connectivity index (χ4n) is 3.26. The first-order valence-electron chi connectivity index (χ1n) is 8.87. The molecule has 0 amide bonds. The van der Waals surface area contributed by atoms with Gasteiger partial charge in [0, 0.05) is 0 Å². The van der Waals surface area contributed by atoms with Gasteiger partial charge < -0.3 is 4.74 Å². The lowest BCUT2D eigenvalue weighted by atomic mass is 9.76. The topological polar surface area (TPSA) is 26.3 Å². The zero-order valence-electron chi connectivity index (χ0n) is 14.4. The lowest BCUT2D eigenvalue weighted by molar-refractivity contribution is -0.148. The predicted molar refractivity (Wildman–Crippen MR) is 86.7 cm³/mol. The van der Waals surface area contributed by atoms with Crippen LogP contribution in [-0.4, -0.2) is 12.6 Å². The zero-order chi connectivity index (χ0) is 15.4. The molecule has 0 N–H and O–H groups in total. The van der Waals surface area contributed by atoms with E-state index in [9.17, 15) is 4.79 Å². The summed E-state index contributed by atoms with van der Waals surface area (Å²) in [5.41, 5.74) is 0. The molecule has 0 aliphatic heterocycles. The second kappa shape index (κ2) is 12.2. The molecule has 0 radical (unpaired) electrons. The maximum absolute atomic E-state index is 11.8. The number of carbonyl (C=O) groups is 1. The summed E-state index contributed by atoms with van der Waals surface area (Å²) in [7, 11) is 0. The van der Waals surface area contributed by atoms with Crippen molar-refractivity contribution < 1.29 is 9.53 Å². The second-order valence-electron chi connectivity index (χ2n) is 5.77. The molecule has 1 atom stereocenters. The molecule has 2 heteroatoms. The summed E-state index contributed by atoms with van der Waals surface area (Å²) in [6.07, 6.45) is 10.1. The van der Waals surface area contributed by atoms with Crippen LogP contribution in [0, 0.1) is 17.8 Å². The number of ether oxygens (including phenoxy) is 1. The van der Waals surface area contributed by atoms with Crippen molar-refractivity contribution in [1.29, 1.82) is 0 Å². The van der Waals surface area contributed by atoms with Crippen molar-refractivity contribution in [3.8, 4) is 0 Å². The van der Waals surface area contributed by atoms with Crippen LogP contribution in [-0.2, 0) is 9.53 Å². The van der Waals surface area contributed by atoms with Gasteiger partial charge in [0.1, 0.15) is 0 Å². The van der Waals surface area contributed by atoms with Crippen LogP contribution in [0.15, 0.2) is 0 Å². The van der Waals surface area contributed by atoms with Crippen LogP contribution in [0.4, 0.5) is 0 Å². The van der Waals surface area contributed by atoms with Gasteiger partial charge in [0.15, 0.2) is 0 Å². The minimum atomic E-state index is 0.0238. The van der Waals surface area contributed by atoms with Crippen molar-refractivity contribution in [1.82, 2.24) is 0 Å². The van der Waals surface area contributed by atoms with Crippen LogP contribution in [0.3, 0.4) is 0 Å². The third-order valence-corrected chi connectivity index (χ3v) is 4.39. The van der Waals surface area contributed by atoms with E-state index in [0.29, 0.717) is 6.61 Å². The van der Waals surface area contributed by atoms with Gasteiger partial charge >= 0.3 is 5.97 Å². The van der Waals surface area contributed by atoms with Crippen LogP contribution < -0.4 is 0 Å². The van der Waals surface area contributed by atoms with E-state index in [1.54, 1.807) is 0 Å². The van der Waals surface area contributed by atoms with Gasteiger partial charge in [-0.2, -0.15) is 0 Å². The first-order chi connectivity index (χ1) is 9.71. The Kier molecular flexibility index (Phi) is 11.9. The molecule has 1 fully saturated rings. The summed E-state index contributed by atoms with van der Waals surface area (Å²) >= 11 is 0. The van der Waals surface area contributed by atoms with E-state index < -0.39 is 0 Å². The molecule has 1 aliphatic rings. The Morgan fingerprint density at radius 1 is 1.05 bits per heavy atom. The van der Waals surface area contributed by atoms with E-state index in [2.05, 4.69) is 13.8 Å². The molecule has 0 saturated heterocycles. The quantitative estimate of drug-likeness (QED) is 0.569. The van der Waals surface area contributed by atoms with Crippen LogP contribution in [0.1, 0.15) is 86.0 Å². The van der Waals surface area contributed by atoms with E-state index in [-0.39, 0.29) is 11.9 Å². The molecule has 1 rings (SSSR count). The van der Waals surface area contributed by atoms with Gasteiger partial charge in [-0.15, -0.1) is 0 Å². The summed E-state index contributed by atoms with van der Waals surface area (Å²) in [4.78, 5) is 11.8. The van der Waals surface area contributed by atoms with Crippen LogP contribution in [0.25, 0.3) is 0 Å². The Bertz CT molecular complexity index is 230. The largest absolute Gasteiger partial charge is 0.466 e. The number of carbonyl (C=O) groups excluding carboxylic acids is 1. The highest BCUT2D eigenvalue weighted by Gasteiger charge is 2.26. The normalized spacial score (nSPS) is 23.4. The highest BCUT2D eigenvalue weighted by Crippen LogP contribution is 2.35. The summed E-state index contributed by atoms with van der Waals surface area (Å²) in [6.45, 7) is 10.8. The van der Waals surface area contributed by atoms with E-state index in [1.807, 2.05) is 20.8 Å². The molecule has 0 bridgehead atoms. The molecule has 1 aliphatic carbocycles. The molecule has 0 aromatic carbocycles. The minimum absolute atomic E-state index is 0.0238. The molecule has 1 saturated carbocycles. The molecule has 0 aromatic heterocycles. The Balaban J connectivity index is 0.00000172. The summed E-state index contributed by atoms with van der Waals surface area (Å²) in [5.74, 6) is 1.87. The number of rotatable bonds is 7. The fourth-order valence-corrected chi connectivity index (χ4v) is 3.26. The predicted octanol–water partition coefficient (Wildman–Crippen LogP) is 5.60. The zero-order valence-corrected chi connectivity index (χ0v) is 14.4. The van der Waals surface area contributed by atoms with Gasteiger partial charge in [-0.3, -0.25) is 4.79 Å². The molecule has 0 heterocycles. The molecule has 0 aromatic rings. The summed E-state index contributed by atoms with van der Waals surface area (Å²) < 4.78 is 5.16. The maximum atomic E-state index is 11.8. The van der Waals surface area contributed by atoms with Crippen LogP contribution >= 0.6 is 0 Å². The average molecular weight is 284 g/mol. The summed E-state index contributed by atoms with van der Waals surface area (Å²) in [6, 6.07) is 0. The van der Waals surface area contributed by atoms with Crippen LogP contribution in [0.5, 0.6) is 0 Å². The third kappa shape index (κ3) is 7.31. The highest BCUT2D eigenvalue weighted by molar-refractivity contribution is 5.72. The van der Waals surface area contributed by atoms with Gasteiger partial charge in [-0.25, -0.2) is 0 Å². The average Bonchev–Trinajstić information content (AvgIpc) is 2.49. The Hall–Kier alpha value is -0.530. The smallest absolute Gasteiger partial charge is 0.308 e. The molecule has 120 valence electrons. The van der Waals surface area contributed by atoms with Crippen LogP contribution in [0.2, 0.25) is 0 Å². The van der Waals surface area contributed by atoms with Crippen molar-refractivity contribution >= 4 is 5.97 Å². The Morgan fingerprint density at radius 3 is 2.05 bits per heavy atom. The van der Waals surface area contributed by atoms with E-state index in [1.165, 1.54) is 38.5 Å². The van der Waals surface area contributed by atoms with Crippen molar-refractivity contribution in [3.63, 3.8) is 0 Å². The maximum Gasteiger partial charge on any atom is 0.308 e. The first kappa shape index (κ1) is 19.5. The van der Waals surface area contributed by atoms with Gasteiger partial charge in [0.25, 0.3) is 0 Å². The fraction of sp³-hybridized carbons (Fsp3) is 0.944. The molecule has 2 nitrogen and oxygen atoms in total. The van der Waals surface area contributed by atoms with Gasteiger partial charge in [0.05, 0.1) is 12.5 Å². The number of hydrogen-bond donors (Lipinski definition) is 0. The number of esters is 1. The van der Waals surface area contributed by atoms with Crippen molar-refractivity contribution in [2.24, 2.45) is 17.8 Å². The Morgan fingerprint density at radius 2 is 1.60 bits per heavy atom. The standard InChI is InChI=1S/C16H30O2.C2H6/c1-4-7-13-8-10-14(11-9-13)12-15(5-2)16(17)18-6-3;1-2/h13-15H,4-12H2,1-3H3;1-2H3. The van der Waals surface area contributed by atoms with Gasteiger partial charge in [0.2, 0.25) is 0 Å². The monoisotopic (exact) mass is 284 g/mol. The minimum Gasteiger partial charge on any atom is -0.466 e. The van der Waals surface area contributed by atoms with Crippen molar-refractivity contribution in [2.45, 2.75) is 86.0 Å². The molecular formula is C18H36O2. The lowest BCUT2D eigenvalue weighted by Crippen LogP contribution is -2.23. The second-order valence-corrected chi connectivity index (χ2v) is 5.77. The highest BCUT2D eigenvalue weighted by atomic mass is 16.5. The van der Waals surface area contributed by atoms with Crippen molar-refractivity contribution in [3.05, 3.63) is 0 Å². The molecule has 1 unspecified atom stereocenters. The molecule has 0 spiro atoms. The SMILES string of the molecule is CC.CCCC1CCC(CC(CC)C(=O)OCC)CC1. The molecule has 20 heavy (non-hydrogen) atoms. The summed E-state index contributed by atoms with van der Waals surface area (Å²) in [5, 5.41) is 0.